The molecule has 0 bridgehead atoms. The summed E-state index contributed by atoms with van der Waals surface area (Å²) in [4.78, 5) is 20.9. The summed E-state index contributed by atoms with van der Waals surface area (Å²) in [7, 11) is 0. The molecule has 0 spiro atoms. The average molecular weight is 433 g/mol. The number of aryl methyl sites for hydroxylation is 5. The van der Waals surface area contributed by atoms with E-state index in [4.69, 9.17) is 14.7 Å². The summed E-state index contributed by atoms with van der Waals surface area (Å²) in [6.45, 7) is 3.04. The molecule has 2 aromatic heterocycles. The van der Waals surface area contributed by atoms with Crippen molar-refractivity contribution < 1.29 is 9.68 Å². The summed E-state index contributed by atoms with van der Waals surface area (Å²) < 4.78 is 0. The van der Waals surface area contributed by atoms with Crippen molar-refractivity contribution in [3.8, 4) is 0 Å². The van der Waals surface area contributed by atoms with Crippen molar-refractivity contribution in [3.05, 3.63) is 57.7 Å². The van der Waals surface area contributed by atoms with Gasteiger partial charge in [0.05, 0.1) is 11.4 Å². The fourth-order valence-electron chi connectivity index (χ4n) is 4.90. The Morgan fingerprint density at radius 3 is 2.16 bits per heavy atom. The van der Waals surface area contributed by atoms with Gasteiger partial charge in [-0.15, -0.1) is 0 Å². The Labute approximate surface area is 190 Å². The van der Waals surface area contributed by atoms with E-state index in [0.717, 1.165) is 79.9 Å². The van der Waals surface area contributed by atoms with Crippen molar-refractivity contribution in [2.45, 2.75) is 77.6 Å². The number of oxime groups is 2. The average Bonchev–Trinajstić information content (AvgIpc) is 2.82. The minimum atomic E-state index is 0.512. The van der Waals surface area contributed by atoms with E-state index >= 15 is 0 Å². The zero-order chi connectivity index (χ0) is 21.8. The number of rotatable bonds is 6. The number of pyridine rings is 2. The number of fused-ring (bicyclic) bond motifs is 3. The lowest BCUT2D eigenvalue weighted by Crippen LogP contribution is -2.18. The highest BCUT2D eigenvalue weighted by atomic mass is 16.6. The molecule has 0 fully saturated rings. The first-order valence-electron chi connectivity index (χ1n) is 12.1. The van der Waals surface area contributed by atoms with Crippen molar-refractivity contribution in [1.29, 1.82) is 0 Å². The van der Waals surface area contributed by atoms with E-state index in [2.05, 4.69) is 33.5 Å². The number of hydrogen-bond acceptors (Lipinski definition) is 6. The Balaban J connectivity index is 1.13. The lowest BCUT2D eigenvalue weighted by Gasteiger charge is -2.22. The van der Waals surface area contributed by atoms with Crippen LogP contribution in [0.5, 0.6) is 0 Å². The highest BCUT2D eigenvalue weighted by molar-refractivity contribution is 6.01. The maximum atomic E-state index is 5.65. The topological polar surface area (TPSA) is 69.0 Å². The second-order valence-electron chi connectivity index (χ2n) is 9.07. The van der Waals surface area contributed by atoms with Crippen LogP contribution in [0.3, 0.4) is 0 Å². The van der Waals surface area contributed by atoms with Gasteiger partial charge in [-0.1, -0.05) is 22.4 Å². The van der Waals surface area contributed by atoms with Crippen LogP contribution in [0.25, 0.3) is 0 Å². The molecule has 0 aromatic carbocycles. The van der Waals surface area contributed by atoms with Crippen molar-refractivity contribution in [2.75, 3.05) is 13.2 Å². The molecule has 0 radical (unpaired) electrons. The molecule has 3 aliphatic rings. The Bertz CT molecular complexity index is 1040. The molecule has 2 aromatic rings. The van der Waals surface area contributed by atoms with Crippen LogP contribution in [0.15, 0.2) is 28.5 Å². The Kier molecular flexibility index (Phi) is 6.46. The Hall–Kier alpha value is -2.76. The van der Waals surface area contributed by atoms with E-state index in [-0.39, 0.29) is 0 Å². The molecule has 0 unspecified atom stereocenters. The van der Waals surface area contributed by atoms with Gasteiger partial charge in [0.2, 0.25) is 0 Å². The van der Waals surface area contributed by atoms with Gasteiger partial charge in [-0.05, 0) is 93.9 Å². The molecule has 6 nitrogen and oxygen atoms in total. The monoisotopic (exact) mass is 432 g/mol. The van der Waals surface area contributed by atoms with Crippen LogP contribution >= 0.6 is 0 Å². The van der Waals surface area contributed by atoms with Gasteiger partial charge in [0.25, 0.3) is 0 Å². The lowest BCUT2D eigenvalue weighted by atomic mass is 9.88. The van der Waals surface area contributed by atoms with Crippen LogP contribution in [0, 0.1) is 6.92 Å². The Morgan fingerprint density at radius 1 is 0.719 bits per heavy atom. The molecule has 2 heterocycles. The molecular weight excluding hydrogens is 400 g/mol. The fraction of sp³-hybridized carbons (Fsp3) is 0.538. The predicted molar refractivity (Wildman–Crippen MR) is 125 cm³/mol. The summed E-state index contributed by atoms with van der Waals surface area (Å²) in [6, 6.07) is 6.60. The van der Waals surface area contributed by atoms with Crippen LogP contribution in [0.4, 0.5) is 0 Å². The molecule has 0 aliphatic heterocycles. The molecule has 168 valence electrons. The van der Waals surface area contributed by atoms with E-state index in [0.29, 0.717) is 13.2 Å². The summed E-state index contributed by atoms with van der Waals surface area (Å²) >= 11 is 0. The first-order valence-corrected chi connectivity index (χ1v) is 12.1. The van der Waals surface area contributed by atoms with Crippen molar-refractivity contribution in [1.82, 2.24) is 9.97 Å². The van der Waals surface area contributed by atoms with E-state index in [1.54, 1.807) is 0 Å². The highest BCUT2D eigenvalue weighted by Crippen LogP contribution is 2.27. The predicted octanol–water partition coefficient (Wildman–Crippen LogP) is 4.87. The standard InChI is InChI=1S/C26H32N4O2/c1-18-13-14-19-8-4-11-23(25(19)27-18)29-31-15-6-16-32-30-24-12-5-9-21-17-20-7-2-3-10-22(20)28-26(21)24/h13-14,17H,2-12,15-16H2,1H3. The molecule has 6 heteroatoms. The first kappa shape index (κ1) is 21.1. The van der Waals surface area contributed by atoms with Crippen LogP contribution in [-0.4, -0.2) is 34.6 Å². The highest BCUT2D eigenvalue weighted by Gasteiger charge is 2.22. The molecular formula is C26H32N4O2. The largest absolute Gasteiger partial charge is 0.395 e. The third-order valence-corrected chi connectivity index (χ3v) is 6.58. The van der Waals surface area contributed by atoms with E-state index < -0.39 is 0 Å². The van der Waals surface area contributed by atoms with Crippen LogP contribution in [0.2, 0.25) is 0 Å². The molecule has 0 amide bonds. The minimum absolute atomic E-state index is 0.512. The minimum Gasteiger partial charge on any atom is -0.395 e. The summed E-state index contributed by atoms with van der Waals surface area (Å²) in [5.74, 6) is 0. The second-order valence-corrected chi connectivity index (χ2v) is 9.07. The fourth-order valence-corrected chi connectivity index (χ4v) is 4.90. The van der Waals surface area contributed by atoms with Gasteiger partial charge in [-0.3, -0.25) is 9.97 Å². The first-order chi connectivity index (χ1) is 15.8. The van der Waals surface area contributed by atoms with Crippen LogP contribution in [-0.2, 0) is 35.4 Å². The Morgan fingerprint density at radius 2 is 1.38 bits per heavy atom. The SMILES string of the molecule is Cc1ccc2c(n1)C(=NOCCCON=C1CCCc3cc4c(nc31)CCCC4)CCC2. The maximum Gasteiger partial charge on any atom is 0.120 e. The zero-order valence-corrected chi connectivity index (χ0v) is 19.0. The third-order valence-electron chi connectivity index (χ3n) is 6.58. The number of aromatic nitrogens is 2. The van der Waals surface area contributed by atoms with Gasteiger partial charge in [0.1, 0.15) is 24.6 Å². The normalized spacial score (nSPS) is 19.9. The second kappa shape index (κ2) is 9.80. The van der Waals surface area contributed by atoms with Gasteiger partial charge < -0.3 is 9.68 Å². The van der Waals surface area contributed by atoms with Gasteiger partial charge in [0.15, 0.2) is 0 Å². The molecule has 3 aliphatic carbocycles. The quantitative estimate of drug-likeness (QED) is 0.482. The van der Waals surface area contributed by atoms with Gasteiger partial charge in [-0.2, -0.15) is 0 Å². The summed E-state index contributed by atoms with van der Waals surface area (Å²) in [5.41, 5.74) is 10.4. The summed E-state index contributed by atoms with van der Waals surface area (Å²) in [6.07, 6.45) is 11.8. The van der Waals surface area contributed by atoms with Crippen LogP contribution < -0.4 is 0 Å². The summed E-state index contributed by atoms with van der Waals surface area (Å²) in [5, 5.41) is 8.83. The van der Waals surface area contributed by atoms with E-state index in [1.807, 2.05) is 6.92 Å². The van der Waals surface area contributed by atoms with Crippen molar-refractivity contribution in [2.24, 2.45) is 10.3 Å². The molecule has 0 saturated carbocycles. The van der Waals surface area contributed by atoms with E-state index in [9.17, 15) is 0 Å². The zero-order valence-electron chi connectivity index (χ0n) is 19.0. The van der Waals surface area contributed by atoms with Gasteiger partial charge >= 0.3 is 0 Å². The third kappa shape index (κ3) is 4.69. The van der Waals surface area contributed by atoms with Crippen molar-refractivity contribution in [3.63, 3.8) is 0 Å². The number of hydrogen-bond donors (Lipinski definition) is 0. The van der Waals surface area contributed by atoms with Gasteiger partial charge in [-0.25, -0.2) is 0 Å². The molecule has 32 heavy (non-hydrogen) atoms. The maximum absolute atomic E-state index is 5.65. The number of nitrogens with zero attached hydrogens (tertiary/aromatic N) is 4. The van der Waals surface area contributed by atoms with Gasteiger partial charge in [0, 0.05) is 17.8 Å². The molecule has 0 N–H and O–H groups in total. The van der Waals surface area contributed by atoms with Crippen molar-refractivity contribution >= 4 is 11.4 Å². The van der Waals surface area contributed by atoms with Crippen LogP contribution in [0.1, 0.15) is 84.4 Å². The lowest BCUT2D eigenvalue weighted by molar-refractivity contribution is 0.0894. The van der Waals surface area contributed by atoms with E-state index in [1.165, 1.54) is 41.6 Å². The smallest absolute Gasteiger partial charge is 0.120 e. The molecule has 0 saturated heterocycles. The molecule has 0 atom stereocenters. The molecule has 5 rings (SSSR count).